The van der Waals surface area contributed by atoms with Gasteiger partial charge in [-0.15, -0.1) is 0 Å². The van der Waals surface area contributed by atoms with Crippen LogP contribution in [0.1, 0.15) is 23.2 Å². The van der Waals surface area contributed by atoms with Gasteiger partial charge in [-0.3, -0.25) is 9.19 Å². The zero-order valence-corrected chi connectivity index (χ0v) is 15.4. The number of aromatic nitrogens is 1. The number of hydrogen-bond donors (Lipinski definition) is 2. The van der Waals surface area contributed by atoms with Crippen molar-refractivity contribution < 1.29 is 14.1 Å². The number of aryl methyl sites for hydroxylation is 1. The Balaban J connectivity index is 2.03. The lowest BCUT2D eigenvalue weighted by molar-refractivity contribution is 0.232. The Kier molecular flexibility index (Phi) is 7.16. The molecule has 134 valence electrons. The first kappa shape index (κ1) is 19.1. The molecule has 1 aromatic carbocycles. The molecule has 2 aromatic rings. The van der Waals surface area contributed by atoms with Crippen LogP contribution in [0.2, 0.25) is 0 Å². The normalized spacial score (nSPS) is 11.8. The summed E-state index contributed by atoms with van der Waals surface area (Å²) in [5, 5.41) is 12.4. The van der Waals surface area contributed by atoms with E-state index in [9.17, 15) is 4.21 Å². The summed E-state index contributed by atoms with van der Waals surface area (Å²) in [6, 6.07) is 9.56. The van der Waals surface area contributed by atoms with E-state index in [1.807, 2.05) is 38.1 Å². The van der Waals surface area contributed by atoms with Crippen LogP contribution in [-0.4, -0.2) is 27.5 Å². The van der Waals surface area contributed by atoms with Crippen LogP contribution in [0.4, 0.5) is 5.69 Å². The zero-order valence-electron chi connectivity index (χ0n) is 14.6. The summed E-state index contributed by atoms with van der Waals surface area (Å²) in [7, 11) is -1.31. The lowest BCUT2D eigenvalue weighted by Crippen LogP contribution is -2.10. The first-order valence-corrected chi connectivity index (χ1v) is 9.43. The fourth-order valence-electron chi connectivity index (χ4n) is 2.24. The molecular weight excluding hydrogens is 336 g/mol. The lowest BCUT2D eigenvalue weighted by atomic mass is 10.2. The van der Waals surface area contributed by atoms with Gasteiger partial charge in [-0.2, -0.15) is 0 Å². The van der Waals surface area contributed by atoms with Crippen LogP contribution < -0.4 is 10.1 Å². The minimum Gasteiger partial charge on any atom is -0.493 e. The molecule has 5 nitrogen and oxygen atoms in total. The van der Waals surface area contributed by atoms with Crippen molar-refractivity contribution in [3.63, 3.8) is 0 Å². The summed E-state index contributed by atoms with van der Waals surface area (Å²) < 4.78 is 18.2. The second-order valence-electron chi connectivity index (χ2n) is 5.66. The predicted molar refractivity (Wildman–Crippen MR) is 102 cm³/mol. The highest BCUT2D eigenvalue weighted by Gasteiger charge is 2.13. The lowest BCUT2D eigenvalue weighted by Gasteiger charge is -2.14. The van der Waals surface area contributed by atoms with Gasteiger partial charge in [0.05, 0.1) is 33.9 Å². The minimum atomic E-state index is -1.31. The molecule has 0 saturated heterocycles. The molecule has 25 heavy (non-hydrogen) atoms. The number of para-hydroxylation sites is 1. The molecule has 1 aromatic heterocycles. The number of nitrogens with one attached hydrogen (secondary N) is 1. The Morgan fingerprint density at radius 1 is 1.32 bits per heavy atom. The van der Waals surface area contributed by atoms with Crippen LogP contribution in [0, 0.1) is 13.8 Å². The molecule has 1 atom stereocenters. The Hall–Kier alpha value is -2.18. The maximum atomic E-state index is 12.6. The Bertz CT molecular complexity index is 762. The maximum absolute atomic E-state index is 12.6. The van der Waals surface area contributed by atoms with Gasteiger partial charge in [0.15, 0.2) is 0 Å². The molecule has 0 spiro atoms. The van der Waals surface area contributed by atoms with Crippen molar-refractivity contribution in [2.75, 3.05) is 18.5 Å². The fourth-order valence-corrected chi connectivity index (χ4v) is 3.18. The van der Waals surface area contributed by atoms with Crippen molar-refractivity contribution in [3.8, 4) is 5.75 Å². The summed E-state index contributed by atoms with van der Waals surface area (Å²) in [6.45, 7) is 8.30. The van der Waals surface area contributed by atoms with E-state index < -0.39 is 10.8 Å². The van der Waals surface area contributed by atoms with Gasteiger partial charge in [0.1, 0.15) is 5.75 Å². The molecule has 1 unspecified atom stereocenters. The molecule has 0 aliphatic carbocycles. The van der Waals surface area contributed by atoms with E-state index in [1.165, 1.54) is 0 Å². The summed E-state index contributed by atoms with van der Waals surface area (Å²) in [6.07, 6.45) is 2.21. The average molecular weight is 360 g/mol. The Morgan fingerprint density at radius 3 is 2.80 bits per heavy atom. The van der Waals surface area contributed by atoms with Crippen LogP contribution in [0.25, 0.3) is 0 Å². The number of aliphatic hydroxyl groups excluding tert-OH is 1. The van der Waals surface area contributed by atoms with Crippen molar-refractivity contribution in [2.24, 2.45) is 0 Å². The third-order valence-corrected chi connectivity index (χ3v) is 4.97. The molecule has 0 aliphatic heterocycles. The molecule has 0 amide bonds. The van der Waals surface area contributed by atoms with E-state index in [0.29, 0.717) is 29.5 Å². The van der Waals surface area contributed by atoms with Crippen molar-refractivity contribution in [3.05, 3.63) is 65.0 Å². The monoisotopic (exact) mass is 360 g/mol. The molecule has 0 fully saturated rings. The number of anilines is 1. The number of nitrogens with zero attached hydrogens (tertiary/aromatic N) is 1. The standard InChI is InChI=1S/C19H24N2O3S/c1-14-7-4-5-8-17(14)21-16(3)25(23)13-18-15(2)19(9-10-20-18)24-12-6-11-22/h4-5,7-10,21-22H,3,6,11-13H2,1-2H3. The highest BCUT2D eigenvalue weighted by molar-refractivity contribution is 7.88. The molecule has 6 heteroatoms. The number of ether oxygens (including phenoxy) is 1. The van der Waals surface area contributed by atoms with E-state index in [2.05, 4.69) is 16.9 Å². The van der Waals surface area contributed by atoms with E-state index in [-0.39, 0.29) is 12.4 Å². The van der Waals surface area contributed by atoms with E-state index in [4.69, 9.17) is 9.84 Å². The topological polar surface area (TPSA) is 71.5 Å². The summed E-state index contributed by atoms with van der Waals surface area (Å²) in [5.74, 6) is 0.966. The highest BCUT2D eigenvalue weighted by atomic mass is 32.2. The second-order valence-corrected chi connectivity index (χ2v) is 7.13. The quantitative estimate of drug-likeness (QED) is 0.672. The third kappa shape index (κ3) is 5.41. The summed E-state index contributed by atoms with van der Waals surface area (Å²) >= 11 is 0. The third-order valence-electron chi connectivity index (χ3n) is 3.78. The van der Waals surface area contributed by atoms with Crippen molar-refractivity contribution in [1.29, 1.82) is 0 Å². The molecule has 0 radical (unpaired) electrons. The minimum absolute atomic E-state index is 0.0887. The first-order valence-electron chi connectivity index (χ1n) is 8.11. The molecule has 0 aliphatic rings. The zero-order chi connectivity index (χ0) is 18.2. The summed E-state index contributed by atoms with van der Waals surface area (Å²) in [4.78, 5) is 4.32. The maximum Gasteiger partial charge on any atom is 0.125 e. The van der Waals surface area contributed by atoms with Gasteiger partial charge in [0, 0.05) is 30.5 Å². The predicted octanol–water partition coefficient (Wildman–Crippen LogP) is 3.29. The molecule has 0 bridgehead atoms. The van der Waals surface area contributed by atoms with Crippen LogP contribution >= 0.6 is 0 Å². The number of pyridine rings is 1. The Morgan fingerprint density at radius 2 is 2.08 bits per heavy atom. The number of hydrogen-bond acceptors (Lipinski definition) is 5. The Labute approximate surface area is 151 Å². The highest BCUT2D eigenvalue weighted by Crippen LogP contribution is 2.23. The van der Waals surface area contributed by atoms with Gasteiger partial charge in [-0.05, 0) is 31.5 Å². The average Bonchev–Trinajstić information content (AvgIpc) is 2.60. The van der Waals surface area contributed by atoms with Crippen LogP contribution in [0.3, 0.4) is 0 Å². The van der Waals surface area contributed by atoms with Crippen LogP contribution in [0.15, 0.2) is 48.1 Å². The molecule has 2 N–H and O–H groups in total. The van der Waals surface area contributed by atoms with Crippen molar-refractivity contribution in [1.82, 2.24) is 4.98 Å². The van der Waals surface area contributed by atoms with Gasteiger partial charge in [0.2, 0.25) is 0 Å². The SMILES string of the molecule is C=C(Nc1ccccc1C)S(=O)Cc1nccc(OCCCO)c1C. The fraction of sp³-hybridized carbons (Fsp3) is 0.316. The van der Waals surface area contributed by atoms with Gasteiger partial charge in [-0.1, -0.05) is 24.8 Å². The van der Waals surface area contributed by atoms with Crippen LogP contribution in [-0.2, 0) is 16.6 Å². The largest absolute Gasteiger partial charge is 0.493 e. The molecule has 0 saturated carbocycles. The molecule has 1 heterocycles. The van der Waals surface area contributed by atoms with Crippen molar-refractivity contribution >= 4 is 16.5 Å². The van der Waals surface area contributed by atoms with E-state index in [0.717, 1.165) is 16.8 Å². The van der Waals surface area contributed by atoms with E-state index >= 15 is 0 Å². The number of aliphatic hydroxyl groups is 1. The van der Waals surface area contributed by atoms with E-state index in [1.54, 1.807) is 12.3 Å². The van der Waals surface area contributed by atoms with Gasteiger partial charge in [0.25, 0.3) is 0 Å². The summed E-state index contributed by atoms with van der Waals surface area (Å²) in [5.41, 5.74) is 3.53. The second kappa shape index (κ2) is 9.34. The molecule has 2 rings (SSSR count). The van der Waals surface area contributed by atoms with Gasteiger partial charge in [-0.25, -0.2) is 0 Å². The van der Waals surface area contributed by atoms with Gasteiger partial charge >= 0.3 is 0 Å². The first-order chi connectivity index (χ1) is 12.0. The number of rotatable bonds is 9. The smallest absolute Gasteiger partial charge is 0.125 e. The van der Waals surface area contributed by atoms with Crippen molar-refractivity contribution in [2.45, 2.75) is 26.0 Å². The molecular formula is C19H24N2O3S. The van der Waals surface area contributed by atoms with Crippen LogP contribution in [0.5, 0.6) is 5.75 Å². The number of benzene rings is 1. The van der Waals surface area contributed by atoms with Gasteiger partial charge < -0.3 is 15.2 Å².